The molecule has 176 valence electrons. The van der Waals surface area contributed by atoms with Gasteiger partial charge < -0.3 is 24.5 Å². The van der Waals surface area contributed by atoms with Crippen molar-refractivity contribution in [1.82, 2.24) is 10.3 Å². The van der Waals surface area contributed by atoms with Crippen LogP contribution < -0.4 is 15.0 Å². The molecule has 7 nitrogen and oxygen atoms in total. The zero-order valence-electron chi connectivity index (χ0n) is 18.5. The van der Waals surface area contributed by atoms with E-state index in [9.17, 15) is 9.90 Å². The first-order valence-electron chi connectivity index (χ1n) is 10.7. The highest BCUT2D eigenvalue weighted by Gasteiger charge is 2.42. The highest BCUT2D eigenvalue weighted by atomic mass is 35.5. The largest absolute Gasteiger partial charge is 0.497 e. The molecule has 2 atom stereocenters. The van der Waals surface area contributed by atoms with Crippen LogP contribution in [0.5, 0.6) is 5.75 Å². The van der Waals surface area contributed by atoms with E-state index in [4.69, 9.17) is 33.0 Å². The molecule has 0 bridgehead atoms. The summed E-state index contributed by atoms with van der Waals surface area (Å²) in [6.45, 7) is 0. The number of hydrogen-bond donors (Lipinski definition) is 2. The molecule has 9 heteroatoms. The minimum absolute atomic E-state index is 0.121. The predicted octanol–water partition coefficient (Wildman–Crippen LogP) is 5.88. The average Bonchev–Trinajstić information content (AvgIpc) is 3.49. The summed E-state index contributed by atoms with van der Waals surface area (Å²) in [5.74, 6) is 0.723. The van der Waals surface area contributed by atoms with E-state index in [0.717, 1.165) is 11.4 Å². The number of rotatable bonds is 6. The van der Waals surface area contributed by atoms with Gasteiger partial charge in [0.15, 0.2) is 5.11 Å². The van der Waals surface area contributed by atoms with Crippen LogP contribution in [0.25, 0.3) is 11.3 Å². The number of hydrogen-bond acceptors (Lipinski definition) is 5. The first-order chi connectivity index (χ1) is 17.0. The van der Waals surface area contributed by atoms with Crippen molar-refractivity contribution in [3.05, 3.63) is 101 Å². The molecule has 0 spiro atoms. The van der Waals surface area contributed by atoms with Crippen LogP contribution >= 0.6 is 23.8 Å². The summed E-state index contributed by atoms with van der Waals surface area (Å²) in [5.41, 5.74) is 2.24. The lowest BCUT2D eigenvalue weighted by Gasteiger charge is -2.26. The molecule has 1 saturated heterocycles. The van der Waals surface area contributed by atoms with Crippen LogP contribution in [-0.2, 0) is 0 Å². The van der Waals surface area contributed by atoms with Crippen molar-refractivity contribution < 1.29 is 19.1 Å². The Morgan fingerprint density at radius 1 is 1.14 bits per heavy atom. The van der Waals surface area contributed by atoms with Gasteiger partial charge in [-0.15, -0.1) is 0 Å². The molecule has 1 aliphatic heterocycles. The van der Waals surface area contributed by atoms with Gasteiger partial charge in [0.1, 0.15) is 23.3 Å². The van der Waals surface area contributed by atoms with Gasteiger partial charge in [0.05, 0.1) is 29.4 Å². The fourth-order valence-electron chi connectivity index (χ4n) is 4.19. The SMILES string of the molecule is COc1cccc(N2C(=S)N[C@H](c3ccccn3)[C@H]2c2ccc(-c3cc(C(=O)O)ccc3Cl)o2)c1. The number of furan rings is 1. The fourth-order valence-corrected chi connectivity index (χ4v) is 4.74. The molecule has 3 heterocycles. The molecular weight excluding hydrogens is 486 g/mol. The lowest BCUT2D eigenvalue weighted by Crippen LogP contribution is -2.29. The summed E-state index contributed by atoms with van der Waals surface area (Å²) in [5, 5.41) is 13.7. The Kier molecular flexibility index (Phi) is 6.15. The first kappa shape index (κ1) is 22.9. The summed E-state index contributed by atoms with van der Waals surface area (Å²) in [6, 6.07) is 20.8. The third kappa shape index (κ3) is 4.34. The van der Waals surface area contributed by atoms with E-state index < -0.39 is 5.97 Å². The third-order valence-electron chi connectivity index (χ3n) is 5.83. The van der Waals surface area contributed by atoms with Crippen molar-refractivity contribution in [1.29, 1.82) is 0 Å². The van der Waals surface area contributed by atoms with Crippen molar-refractivity contribution in [3.8, 4) is 17.1 Å². The second kappa shape index (κ2) is 9.40. The number of carboxylic acid groups (broad SMARTS) is 1. The Labute approximate surface area is 211 Å². The zero-order valence-corrected chi connectivity index (χ0v) is 20.1. The number of benzene rings is 2. The van der Waals surface area contributed by atoms with E-state index in [1.165, 1.54) is 12.1 Å². The Hall–Kier alpha value is -3.88. The van der Waals surface area contributed by atoms with E-state index >= 15 is 0 Å². The number of aromatic nitrogens is 1. The quantitative estimate of drug-likeness (QED) is 0.314. The Bertz CT molecular complexity index is 1410. The van der Waals surface area contributed by atoms with Crippen molar-refractivity contribution in [2.45, 2.75) is 12.1 Å². The van der Waals surface area contributed by atoms with E-state index in [1.54, 1.807) is 25.4 Å². The number of carbonyl (C=O) groups is 1. The minimum Gasteiger partial charge on any atom is -0.497 e. The smallest absolute Gasteiger partial charge is 0.335 e. The Morgan fingerprint density at radius 2 is 2.00 bits per heavy atom. The number of ether oxygens (including phenoxy) is 1. The average molecular weight is 506 g/mol. The molecule has 2 aromatic heterocycles. The second-order valence-corrected chi connectivity index (χ2v) is 8.69. The van der Waals surface area contributed by atoms with Crippen molar-refractivity contribution in [2.75, 3.05) is 12.0 Å². The lowest BCUT2D eigenvalue weighted by atomic mass is 10.0. The van der Waals surface area contributed by atoms with Gasteiger partial charge in [0.2, 0.25) is 0 Å². The molecular formula is C26H20ClN3O4S. The maximum atomic E-state index is 11.5. The molecule has 1 aliphatic rings. The first-order valence-corrected chi connectivity index (χ1v) is 11.5. The fraction of sp³-hybridized carbons (Fsp3) is 0.115. The maximum Gasteiger partial charge on any atom is 0.335 e. The van der Waals surface area contributed by atoms with Crippen LogP contribution in [-0.4, -0.2) is 28.3 Å². The van der Waals surface area contributed by atoms with Crippen LogP contribution in [0.2, 0.25) is 5.02 Å². The Morgan fingerprint density at radius 3 is 2.74 bits per heavy atom. The number of nitrogens with zero attached hydrogens (tertiary/aromatic N) is 2. The van der Waals surface area contributed by atoms with Gasteiger partial charge in [-0.1, -0.05) is 23.7 Å². The van der Waals surface area contributed by atoms with Crippen LogP contribution in [0.15, 0.2) is 83.4 Å². The molecule has 1 fully saturated rings. The number of pyridine rings is 1. The minimum atomic E-state index is -1.04. The molecule has 4 aromatic rings. The van der Waals surface area contributed by atoms with Gasteiger partial charge in [-0.2, -0.15) is 0 Å². The molecule has 0 amide bonds. The summed E-state index contributed by atoms with van der Waals surface area (Å²) in [4.78, 5) is 18.0. The summed E-state index contributed by atoms with van der Waals surface area (Å²) < 4.78 is 11.7. The van der Waals surface area contributed by atoms with E-state index in [2.05, 4.69) is 10.3 Å². The number of methoxy groups -OCH3 is 1. The number of thiocarbonyl (C=S) groups is 1. The normalized spacial score (nSPS) is 17.3. The number of anilines is 1. The van der Waals surface area contributed by atoms with E-state index in [1.807, 2.05) is 53.4 Å². The number of halogens is 1. The number of carboxylic acids is 1. The highest BCUT2D eigenvalue weighted by molar-refractivity contribution is 7.80. The van der Waals surface area contributed by atoms with Gasteiger partial charge in [0, 0.05) is 23.5 Å². The van der Waals surface area contributed by atoms with Gasteiger partial charge in [0.25, 0.3) is 0 Å². The zero-order chi connectivity index (χ0) is 24.5. The monoisotopic (exact) mass is 505 g/mol. The van der Waals surface area contributed by atoms with Crippen molar-refractivity contribution in [2.24, 2.45) is 0 Å². The standard InChI is InChI=1S/C26H20ClN3O4S/c1-33-17-6-4-5-16(14-17)30-24(23(29-26(30)35)20-7-2-3-12-28-20)22-11-10-21(34-22)18-13-15(25(31)32)8-9-19(18)27/h2-14,23-24H,1H3,(H,29,35)(H,31,32)/t23-,24-/m1/s1. The molecule has 5 rings (SSSR count). The molecule has 0 aliphatic carbocycles. The summed E-state index contributed by atoms with van der Waals surface area (Å²) in [6.07, 6.45) is 1.73. The van der Waals surface area contributed by atoms with Crippen LogP contribution in [0, 0.1) is 0 Å². The summed E-state index contributed by atoms with van der Waals surface area (Å²) in [7, 11) is 1.61. The van der Waals surface area contributed by atoms with Crippen molar-refractivity contribution in [3.63, 3.8) is 0 Å². The third-order valence-corrected chi connectivity index (χ3v) is 6.47. The van der Waals surface area contributed by atoms with Crippen LogP contribution in [0.1, 0.15) is 33.9 Å². The van der Waals surface area contributed by atoms with E-state index in [-0.39, 0.29) is 17.6 Å². The molecule has 2 N–H and O–H groups in total. The van der Waals surface area contributed by atoms with E-state index in [0.29, 0.717) is 33.0 Å². The van der Waals surface area contributed by atoms with Crippen molar-refractivity contribution >= 4 is 40.6 Å². The van der Waals surface area contributed by atoms with Gasteiger partial charge >= 0.3 is 5.97 Å². The molecule has 2 aromatic carbocycles. The van der Waals surface area contributed by atoms with Crippen LogP contribution in [0.4, 0.5) is 5.69 Å². The van der Waals surface area contributed by atoms with Crippen LogP contribution in [0.3, 0.4) is 0 Å². The summed E-state index contributed by atoms with van der Waals surface area (Å²) >= 11 is 12.1. The highest BCUT2D eigenvalue weighted by Crippen LogP contribution is 2.44. The second-order valence-electron chi connectivity index (χ2n) is 7.90. The molecule has 0 unspecified atom stereocenters. The maximum absolute atomic E-state index is 11.5. The Balaban J connectivity index is 1.61. The lowest BCUT2D eigenvalue weighted by molar-refractivity contribution is 0.0697. The molecule has 0 saturated carbocycles. The molecule has 0 radical (unpaired) electrons. The molecule has 35 heavy (non-hydrogen) atoms. The van der Waals surface area contributed by atoms with Gasteiger partial charge in [-0.3, -0.25) is 4.98 Å². The number of nitrogens with one attached hydrogen (secondary N) is 1. The number of aromatic carboxylic acids is 1. The van der Waals surface area contributed by atoms with Gasteiger partial charge in [-0.05, 0) is 66.8 Å². The predicted molar refractivity (Wildman–Crippen MR) is 137 cm³/mol. The van der Waals surface area contributed by atoms with Gasteiger partial charge in [-0.25, -0.2) is 4.79 Å². The topological polar surface area (TPSA) is 87.8 Å².